The van der Waals surface area contributed by atoms with Crippen LogP contribution in [0.5, 0.6) is 0 Å². The quantitative estimate of drug-likeness (QED) is 0.424. The Bertz CT molecular complexity index is 239. The maximum absolute atomic E-state index is 10.0. The van der Waals surface area contributed by atoms with Crippen LogP contribution in [0.3, 0.4) is 0 Å². The lowest BCUT2D eigenvalue weighted by molar-refractivity contribution is -0.132. The van der Waals surface area contributed by atoms with E-state index in [0.717, 1.165) is 12.2 Å². The highest BCUT2D eigenvalue weighted by molar-refractivity contribution is 5.80. The average Bonchev–Trinajstić information content (AvgIpc) is 2.09. The van der Waals surface area contributed by atoms with E-state index in [-0.39, 0.29) is 0 Å². The molecule has 4 N–H and O–H groups in total. The maximum Gasteiger partial charge on any atom is 0.328 e. The molecular weight excluding hydrogens is 192 g/mol. The van der Waals surface area contributed by atoms with Crippen LogP contribution < -0.4 is 0 Å². The first-order valence-electron chi connectivity index (χ1n) is 3.62. The van der Waals surface area contributed by atoms with Crippen LogP contribution in [0.2, 0.25) is 0 Å². The lowest BCUT2D eigenvalue weighted by Gasteiger charge is -2.08. The third kappa shape index (κ3) is 5.92. The highest BCUT2D eigenvalue weighted by atomic mass is 16.4. The van der Waals surface area contributed by atoms with E-state index in [4.69, 9.17) is 20.4 Å². The second kappa shape index (κ2) is 5.90. The Hall–Kier alpha value is -1.66. The van der Waals surface area contributed by atoms with Crippen LogP contribution >= 0.6 is 0 Å². The minimum atomic E-state index is -1.44. The molecule has 0 radical (unpaired) electrons. The predicted molar refractivity (Wildman–Crippen MR) is 45.6 cm³/mol. The number of aliphatic hydroxyl groups excluding tert-OH is 2. The van der Waals surface area contributed by atoms with Crippen molar-refractivity contribution in [1.29, 1.82) is 0 Å². The van der Waals surface area contributed by atoms with Gasteiger partial charge in [-0.05, 0) is 12.2 Å². The van der Waals surface area contributed by atoms with Crippen molar-refractivity contribution in [3.8, 4) is 0 Å². The van der Waals surface area contributed by atoms with E-state index in [1.54, 1.807) is 0 Å². The van der Waals surface area contributed by atoms with Crippen molar-refractivity contribution < 1.29 is 30.0 Å². The minimum Gasteiger partial charge on any atom is -0.478 e. The van der Waals surface area contributed by atoms with Gasteiger partial charge in [0.25, 0.3) is 0 Å². The number of hydrogen-bond donors (Lipinski definition) is 4. The summed E-state index contributed by atoms with van der Waals surface area (Å²) in [7, 11) is 0. The zero-order chi connectivity index (χ0) is 11.1. The van der Waals surface area contributed by atoms with Gasteiger partial charge in [-0.2, -0.15) is 0 Å². The Kier molecular flexibility index (Phi) is 5.20. The fraction of sp³-hybridized carbons (Fsp3) is 0.250. The van der Waals surface area contributed by atoms with Gasteiger partial charge in [-0.15, -0.1) is 0 Å². The van der Waals surface area contributed by atoms with E-state index in [9.17, 15) is 9.59 Å². The van der Waals surface area contributed by atoms with Crippen molar-refractivity contribution in [2.45, 2.75) is 12.2 Å². The van der Waals surface area contributed by atoms with Gasteiger partial charge in [0, 0.05) is 12.2 Å². The Morgan fingerprint density at radius 1 is 0.857 bits per heavy atom. The van der Waals surface area contributed by atoms with Crippen LogP contribution in [0.15, 0.2) is 24.3 Å². The molecule has 0 aliphatic carbocycles. The summed E-state index contributed by atoms with van der Waals surface area (Å²) in [4.78, 5) is 20.0. The molecule has 0 heterocycles. The van der Waals surface area contributed by atoms with Crippen LogP contribution in [-0.4, -0.2) is 44.6 Å². The van der Waals surface area contributed by atoms with E-state index in [0.29, 0.717) is 12.2 Å². The predicted octanol–water partition coefficient (Wildman–Crippen LogP) is -1.01. The molecule has 0 fully saturated rings. The number of rotatable bonds is 5. The summed E-state index contributed by atoms with van der Waals surface area (Å²) in [5, 5.41) is 34.4. The first kappa shape index (κ1) is 12.3. The molecule has 0 aliphatic heterocycles. The molecule has 78 valence electrons. The first-order valence-corrected chi connectivity index (χ1v) is 3.62. The zero-order valence-electron chi connectivity index (χ0n) is 7.07. The molecule has 0 aromatic carbocycles. The zero-order valence-corrected chi connectivity index (χ0v) is 7.07. The Labute approximate surface area is 79.4 Å². The normalized spacial score (nSPS) is 15.9. The topological polar surface area (TPSA) is 115 Å². The van der Waals surface area contributed by atoms with Crippen LogP contribution in [0, 0.1) is 0 Å². The molecule has 0 bridgehead atoms. The van der Waals surface area contributed by atoms with Crippen LogP contribution in [0.25, 0.3) is 0 Å². The summed E-state index contributed by atoms with van der Waals surface area (Å²) in [5.74, 6) is -2.53. The third-order valence-corrected chi connectivity index (χ3v) is 1.22. The summed E-state index contributed by atoms with van der Waals surface area (Å²) < 4.78 is 0. The summed E-state index contributed by atoms with van der Waals surface area (Å²) in [6.07, 6.45) is 0.118. The van der Waals surface area contributed by atoms with Gasteiger partial charge in [-0.3, -0.25) is 0 Å². The molecule has 6 nitrogen and oxygen atoms in total. The van der Waals surface area contributed by atoms with Crippen LogP contribution in [-0.2, 0) is 9.59 Å². The molecule has 0 aromatic heterocycles. The average molecular weight is 202 g/mol. The number of carboxylic acids is 2. The Morgan fingerprint density at radius 3 is 1.36 bits per heavy atom. The van der Waals surface area contributed by atoms with Gasteiger partial charge in [-0.1, -0.05) is 0 Å². The highest BCUT2D eigenvalue weighted by Gasteiger charge is 2.09. The van der Waals surface area contributed by atoms with Crippen molar-refractivity contribution in [2.24, 2.45) is 0 Å². The minimum absolute atomic E-state index is 0.655. The molecule has 0 saturated heterocycles. The third-order valence-electron chi connectivity index (χ3n) is 1.22. The number of carboxylic acid groups (broad SMARTS) is 2. The molecule has 0 aliphatic rings. The fourth-order valence-corrected chi connectivity index (χ4v) is 0.589. The van der Waals surface area contributed by atoms with Crippen molar-refractivity contribution in [1.82, 2.24) is 0 Å². The molecule has 0 saturated carbocycles. The fourth-order valence-electron chi connectivity index (χ4n) is 0.589. The van der Waals surface area contributed by atoms with Gasteiger partial charge < -0.3 is 20.4 Å². The second-order valence-corrected chi connectivity index (χ2v) is 2.38. The summed E-state index contributed by atoms with van der Waals surface area (Å²) in [5.41, 5.74) is 0. The van der Waals surface area contributed by atoms with E-state index in [1.165, 1.54) is 0 Å². The van der Waals surface area contributed by atoms with E-state index < -0.39 is 24.1 Å². The lowest BCUT2D eigenvalue weighted by atomic mass is 10.2. The van der Waals surface area contributed by atoms with E-state index in [2.05, 4.69) is 0 Å². The van der Waals surface area contributed by atoms with Crippen molar-refractivity contribution in [2.75, 3.05) is 0 Å². The largest absolute Gasteiger partial charge is 0.478 e. The Morgan fingerprint density at radius 2 is 1.14 bits per heavy atom. The lowest BCUT2D eigenvalue weighted by Crippen LogP contribution is -2.21. The smallest absolute Gasteiger partial charge is 0.328 e. The monoisotopic (exact) mass is 202 g/mol. The first-order chi connectivity index (χ1) is 6.43. The molecular formula is C8H10O6. The molecule has 0 unspecified atom stereocenters. The van der Waals surface area contributed by atoms with Crippen LogP contribution in [0.1, 0.15) is 0 Å². The molecule has 0 amide bonds. The van der Waals surface area contributed by atoms with Crippen molar-refractivity contribution in [3.05, 3.63) is 24.3 Å². The Balaban J connectivity index is 4.18. The molecule has 14 heavy (non-hydrogen) atoms. The standard InChI is InChI=1S/C8H10O6/c9-5(1-3-7(11)12)6(10)2-4-8(13)14/h1-6,9-10H,(H,11,12)(H,13,14)/b3-1+,4-2+/t5-,6+. The van der Waals surface area contributed by atoms with Gasteiger partial charge in [0.2, 0.25) is 0 Å². The van der Waals surface area contributed by atoms with Crippen LogP contribution in [0.4, 0.5) is 0 Å². The van der Waals surface area contributed by atoms with Gasteiger partial charge in [0.15, 0.2) is 0 Å². The number of aliphatic hydroxyl groups is 2. The summed E-state index contributed by atoms with van der Waals surface area (Å²) in [6, 6.07) is 0. The molecule has 0 rings (SSSR count). The van der Waals surface area contributed by atoms with Gasteiger partial charge in [0.1, 0.15) is 12.2 Å². The SMILES string of the molecule is O=C(O)/C=C/[C@@H](O)[C@@H](O)/C=C/C(=O)O. The highest BCUT2D eigenvalue weighted by Crippen LogP contribution is 1.97. The maximum atomic E-state index is 10.0. The van der Waals surface area contributed by atoms with E-state index in [1.807, 2.05) is 0 Å². The van der Waals surface area contributed by atoms with Gasteiger partial charge in [0.05, 0.1) is 0 Å². The van der Waals surface area contributed by atoms with Crippen molar-refractivity contribution >= 4 is 11.9 Å². The van der Waals surface area contributed by atoms with Gasteiger partial charge in [-0.25, -0.2) is 9.59 Å². The second-order valence-electron chi connectivity index (χ2n) is 2.38. The summed E-state index contributed by atoms with van der Waals surface area (Å²) >= 11 is 0. The van der Waals surface area contributed by atoms with Crippen molar-refractivity contribution in [3.63, 3.8) is 0 Å². The number of carbonyl (C=O) groups is 2. The number of hydrogen-bond acceptors (Lipinski definition) is 4. The summed E-state index contributed by atoms with van der Waals surface area (Å²) in [6.45, 7) is 0. The molecule has 0 aromatic rings. The van der Waals surface area contributed by atoms with E-state index >= 15 is 0 Å². The molecule has 6 heteroatoms. The number of aliphatic carboxylic acids is 2. The van der Waals surface area contributed by atoms with Gasteiger partial charge >= 0.3 is 11.9 Å². The molecule has 0 spiro atoms. The molecule has 2 atom stereocenters.